The number of fused-ring (bicyclic) bond motifs is 1. The number of nitrogens with one attached hydrogen (secondary N) is 1. The maximum atomic E-state index is 12.5. The summed E-state index contributed by atoms with van der Waals surface area (Å²) in [6.45, 7) is 5.04. The van der Waals surface area contributed by atoms with Crippen LogP contribution in [0.4, 0.5) is 0 Å². The first-order valence-corrected chi connectivity index (χ1v) is 9.53. The number of amides is 1. The second-order valence-electron chi connectivity index (χ2n) is 6.58. The lowest BCUT2D eigenvalue weighted by Gasteiger charge is -2.27. The maximum Gasteiger partial charge on any atom is 0.223 e. The molecule has 0 aromatic rings. The molecule has 114 valence electrons. The van der Waals surface area contributed by atoms with Crippen molar-refractivity contribution in [3.8, 4) is 0 Å². The number of sulfone groups is 1. The van der Waals surface area contributed by atoms with Crippen LogP contribution in [0.25, 0.3) is 0 Å². The number of carbonyl (C=O) groups excluding carboxylic acids is 1. The fourth-order valence-electron chi connectivity index (χ4n) is 4.23. The van der Waals surface area contributed by atoms with Crippen molar-refractivity contribution in [2.75, 3.05) is 31.1 Å². The van der Waals surface area contributed by atoms with Crippen LogP contribution < -0.4 is 5.32 Å². The van der Waals surface area contributed by atoms with Crippen LogP contribution in [-0.2, 0) is 14.6 Å². The van der Waals surface area contributed by atoms with Gasteiger partial charge in [0, 0.05) is 32.1 Å². The van der Waals surface area contributed by atoms with Crippen molar-refractivity contribution in [2.24, 2.45) is 17.8 Å². The minimum Gasteiger partial charge on any atom is -0.339 e. The van der Waals surface area contributed by atoms with Crippen molar-refractivity contribution in [1.82, 2.24) is 10.2 Å². The van der Waals surface area contributed by atoms with Gasteiger partial charge >= 0.3 is 0 Å². The molecule has 3 heterocycles. The highest BCUT2D eigenvalue weighted by atomic mass is 32.2. The molecule has 5 nitrogen and oxygen atoms in total. The smallest absolute Gasteiger partial charge is 0.223 e. The second-order valence-corrected chi connectivity index (χ2v) is 8.81. The summed E-state index contributed by atoms with van der Waals surface area (Å²) in [5, 5.41) is 3.41. The minimum absolute atomic E-state index is 0.0450. The Bertz CT molecular complexity index is 491. The monoisotopic (exact) mass is 300 g/mol. The maximum absolute atomic E-state index is 12.5. The van der Waals surface area contributed by atoms with E-state index >= 15 is 0 Å². The summed E-state index contributed by atoms with van der Waals surface area (Å²) in [5.74, 6) is 1.87. The zero-order valence-corrected chi connectivity index (χ0v) is 12.9. The molecular formula is C14H24N2O3S. The lowest BCUT2D eigenvalue weighted by molar-refractivity contribution is -0.133. The minimum atomic E-state index is -2.88. The van der Waals surface area contributed by atoms with E-state index in [1.54, 1.807) is 0 Å². The average Bonchev–Trinajstić information content (AvgIpc) is 3.02. The van der Waals surface area contributed by atoms with Crippen molar-refractivity contribution in [3.63, 3.8) is 0 Å². The molecule has 0 radical (unpaired) electrons. The summed E-state index contributed by atoms with van der Waals surface area (Å²) in [4.78, 5) is 14.6. The molecule has 0 aromatic heterocycles. The lowest BCUT2D eigenvalue weighted by atomic mass is 9.92. The first-order chi connectivity index (χ1) is 9.50. The molecular weight excluding hydrogens is 276 g/mol. The van der Waals surface area contributed by atoms with E-state index < -0.39 is 9.84 Å². The molecule has 0 aliphatic carbocycles. The van der Waals surface area contributed by atoms with Crippen LogP contribution >= 0.6 is 0 Å². The second kappa shape index (κ2) is 5.30. The molecule has 3 rings (SSSR count). The van der Waals surface area contributed by atoms with Crippen LogP contribution in [0.2, 0.25) is 0 Å². The summed E-state index contributed by atoms with van der Waals surface area (Å²) in [6, 6.07) is 0.348. The molecule has 1 amide bonds. The Morgan fingerprint density at radius 3 is 2.80 bits per heavy atom. The van der Waals surface area contributed by atoms with E-state index in [9.17, 15) is 13.2 Å². The first kappa shape index (κ1) is 14.3. The van der Waals surface area contributed by atoms with Crippen molar-refractivity contribution in [3.05, 3.63) is 0 Å². The van der Waals surface area contributed by atoms with Gasteiger partial charge in [0.15, 0.2) is 9.84 Å². The van der Waals surface area contributed by atoms with E-state index in [2.05, 4.69) is 12.2 Å². The Labute approximate surface area is 121 Å². The first-order valence-electron chi connectivity index (χ1n) is 7.71. The van der Waals surface area contributed by atoms with Crippen molar-refractivity contribution >= 4 is 15.7 Å². The standard InChI is InChI=1S/C14H24N2O3S/c1-2-13-12-7-15-6-11(12)8-16(13)14(17)5-10-3-4-20(18,19)9-10/h10-13,15H,2-9H2,1H3. The van der Waals surface area contributed by atoms with Gasteiger partial charge in [0.25, 0.3) is 0 Å². The van der Waals surface area contributed by atoms with Crippen molar-refractivity contribution < 1.29 is 13.2 Å². The van der Waals surface area contributed by atoms with Crippen LogP contribution in [0.1, 0.15) is 26.2 Å². The lowest BCUT2D eigenvalue weighted by Crippen LogP contribution is -2.40. The van der Waals surface area contributed by atoms with E-state index in [0.717, 1.165) is 26.1 Å². The predicted molar refractivity (Wildman–Crippen MR) is 77.0 cm³/mol. The highest BCUT2D eigenvalue weighted by Crippen LogP contribution is 2.35. The topological polar surface area (TPSA) is 66.5 Å². The van der Waals surface area contributed by atoms with Gasteiger partial charge in [0.2, 0.25) is 5.91 Å². The Morgan fingerprint density at radius 2 is 2.15 bits per heavy atom. The number of likely N-dealkylation sites (tertiary alicyclic amines) is 1. The van der Waals surface area contributed by atoms with E-state index in [0.29, 0.717) is 30.7 Å². The Hall–Kier alpha value is -0.620. The molecule has 0 saturated carbocycles. The van der Waals surface area contributed by atoms with E-state index in [1.807, 2.05) is 4.90 Å². The van der Waals surface area contributed by atoms with Crippen LogP contribution in [0, 0.1) is 17.8 Å². The van der Waals surface area contributed by atoms with Crippen LogP contribution in [0.15, 0.2) is 0 Å². The number of rotatable bonds is 3. The van der Waals surface area contributed by atoms with Gasteiger partial charge in [-0.25, -0.2) is 8.42 Å². The summed E-state index contributed by atoms with van der Waals surface area (Å²) in [5.41, 5.74) is 0. The van der Waals surface area contributed by atoms with Crippen molar-refractivity contribution in [1.29, 1.82) is 0 Å². The highest BCUT2D eigenvalue weighted by Gasteiger charge is 2.45. The number of nitrogens with zero attached hydrogens (tertiary/aromatic N) is 1. The normalized spacial score (nSPS) is 39.1. The quantitative estimate of drug-likeness (QED) is 0.812. The molecule has 3 saturated heterocycles. The van der Waals surface area contributed by atoms with Crippen LogP contribution in [0.3, 0.4) is 0 Å². The SMILES string of the molecule is CCC1C2CNCC2CN1C(=O)CC1CCS(=O)(=O)C1. The summed E-state index contributed by atoms with van der Waals surface area (Å²) < 4.78 is 23.0. The van der Waals surface area contributed by atoms with Gasteiger partial charge in [0.1, 0.15) is 0 Å². The average molecular weight is 300 g/mol. The number of carbonyl (C=O) groups is 1. The Balaban J connectivity index is 1.63. The third kappa shape index (κ3) is 2.60. The molecule has 6 heteroatoms. The molecule has 1 N–H and O–H groups in total. The van der Waals surface area contributed by atoms with Crippen LogP contribution in [0.5, 0.6) is 0 Å². The molecule has 3 fully saturated rings. The number of hydrogen-bond acceptors (Lipinski definition) is 4. The summed E-state index contributed by atoms with van der Waals surface area (Å²) in [7, 11) is -2.88. The van der Waals surface area contributed by atoms with Gasteiger partial charge < -0.3 is 10.2 Å². The van der Waals surface area contributed by atoms with Gasteiger partial charge in [-0.05, 0) is 30.6 Å². The van der Waals surface area contributed by atoms with Gasteiger partial charge in [-0.3, -0.25) is 4.79 Å². The molecule has 3 aliphatic heterocycles. The fourth-order valence-corrected chi connectivity index (χ4v) is 6.09. The molecule has 20 heavy (non-hydrogen) atoms. The van der Waals surface area contributed by atoms with Crippen LogP contribution in [-0.4, -0.2) is 56.4 Å². The summed E-state index contributed by atoms with van der Waals surface area (Å²) >= 11 is 0. The number of hydrogen-bond donors (Lipinski definition) is 1. The predicted octanol–water partition coefficient (Wildman–Crippen LogP) is 0.268. The van der Waals surface area contributed by atoms with Gasteiger partial charge in [-0.15, -0.1) is 0 Å². The fraction of sp³-hybridized carbons (Fsp3) is 0.929. The molecule has 0 spiro atoms. The summed E-state index contributed by atoms with van der Waals surface area (Å²) in [6.07, 6.45) is 2.08. The molecule has 4 unspecified atom stereocenters. The molecule has 4 atom stereocenters. The molecule has 3 aliphatic rings. The van der Waals surface area contributed by atoms with Gasteiger partial charge in [0.05, 0.1) is 11.5 Å². The van der Waals surface area contributed by atoms with E-state index in [1.165, 1.54) is 0 Å². The Morgan fingerprint density at radius 1 is 1.35 bits per heavy atom. The van der Waals surface area contributed by atoms with Gasteiger partial charge in [-0.1, -0.05) is 6.92 Å². The van der Waals surface area contributed by atoms with E-state index in [-0.39, 0.29) is 23.3 Å². The molecule has 0 bridgehead atoms. The third-order valence-electron chi connectivity index (χ3n) is 5.25. The van der Waals surface area contributed by atoms with E-state index in [4.69, 9.17) is 0 Å². The highest BCUT2D eigenvalue weighted by molar-refractivity contribution is 7.91. The molecule has 0 aromatic carbocycles. The largest absolute Gasteiger partial charge is 0.339 e. The zero-order valence-electron chi connectivity index (χ0n) is 12.0. The zero-order chi connectivity index (χ0) is 14.3. The Kier molecular flexibility index (Phi) is 3.79. The third-order valence-corrected chi connectivity index (χ3v) is 7.08. The van der Waals surface area contributed by atoms with Gasteiger partial charge in [-0.2, -0.15) is 0 Å². The van der Waals surface area contributed by atoms with Crippen molar-refractivity contribution in [2.45, 2.75) is 32.2 Å².